The van der Waals surface area contributed by atoms with Crippen molar-refractivity contribution in [2.75, 3.05) is 0 Å². The van der Waals surface area contributed by atoms with Crippen LogP contribution in [-0.4, -0.2) is 0 Å². The standard InChI is InChI=1S/C9H7F2N/c1-2-6-3-8(10)4-7(5-12)9(6)11/h3-4H,2H2,1H3. The lowest BCUT2D eigenvalue weighted by Gasteiger charge is -2.00. The molecule has 0 N–H and O–H groups in total. The Morgan fingerprint density at radius 2 is 2.08 bits per heavy atom. The molecule has 1 rings (SSSR count). The van der Waals surface area contributed by atoms with Crippen molar-refractivity contribution in [1.29, 1.82) is 5.26 Å². The van der Waals surface area contributed by atoms with Crippen molar-refractivity contribution in [1.82, 2.24) is 0 Å². The maximum atomic E-state index is 13.1. The molecule has 0 radical (unpaired) electrons. The van der Waals surface area contributed by atoms with E-state index in [1.165, 1.54) is 0 Å². The predicted octanol–water partition coefficient (Wildman–Crippen LogP) is 2.40. The topological polar surface area (TPSA) is 23.8 Å². The Hall–Kier alpha value is -1.43. The minimum Gasteiger partial charge on any atom is -0.207 e. The molecule has 0 aromatic heterocycles. The molecule has 0 heterocycles. The summed E-state index contributed by atoms with van der Waals surface area (Å²) in [7, 11) is 0. The lowest BCUT2D eigenvalue weighted by Crippen LogP contribution is -1.94. The van der Waals surface area contributed by atoms with Crippen LogP contribution < -0.4 is 0 Å². The first-order valence-electron chi connectivity index (χ1n) is 3.57. The van der Waals surface area contributed by atoms with Gasteiger partial charge in [-0.1, -0.05) is 6.92 Å². The zero-order valence-electron chi connectivity index (χ0n) is 6.56. The summed E-state index contributed by atoms with van der Waals surface area (Å²) >= 11 is 0. The SMILES string of the molecule is CCc1cc(F)cc(C#N)c1F. The number of nitriles is 1. The van der Waals surface area contributed by atoms with Gasteiger partial charge in [-0.15, -0.1) is 0 Å². The van der Waals surface area contributed by atoms with Gasteiger partial charge in [0.15, 0.2) is 0 Å². The summed E-state index contributed by atoms with van der Waals surface area (Å²) in [5.41, 5.74) is 0.0124. The van der Waals surface area contributed by atoms with Crippen LogP contribution in [-0.2, 0) is 6.42 Å². The fourth-order valence-electron chi connectivity index (χ4n) is 0.984. The quantitative estimate of drug-likeness (QED) is 0.630. The van der Waals surface area contributed by atoms with Crippen molar-refractivity contribution < 1.29 is 8.78 Å². The minimum atomic E-state index is -0.610. The van der Waals surface area contributed by atoms with Gasteiger partial charge in [0, 0.05) is 0 Å². The van der Waals surface area contributed by atoms with E-state index in [1.807, 2.05) is 0 Å². The third-order valence-electron chi connectivity index (χ3n) is 1.61. The van der Waals surface area contributed by atoms with Crippen LogP contribution in [0.25, 0.3) is 0 Å². The molecule has 0 unspecified atom stereocenters. The molecule has 1 aromatic rings. The Balaban J connectivity index is 3.34. The smallest absolute Gasteiger partial charge is 0.144 e. The Morgan fingerprint density at radius 1 is 1.42 bits per heavy atom. The van der Waals surface area contributed by atoms with Crippen LogP contribution in [0.3, 0.4) is 0 Å². The van der Waals surface area contributed by atoms with Gasteiger partial charge in [-0.2, -0.15) is 5.26 Å². The summed E-state index contributed by atoms with van der Waals surface area (Å²) in [6.07, 6.45) is 0.387. The summed E-state index contributed by atoms with van der Waals surface area (Å²) in [5, 5.41) is 8.41. The third kappa shape index (κ3) is 1.42. The summed E-state index contributed by atoms with van der Waals surface area (Å²) in [4.78, 5) is 0. The zero-order valence-corrected chi connectivity index (χ0v) is 6.56. The summed E-state index contributed by atoms with van der Waals surface area (Å²) in [5.74, 6) is -1.17. The molecule has 0 aliphatic heterocycles. The van der Waals surface area contributed by atoms with Gasteiger partial charge in [-0.3, -0.25) is 0 Å². The molecule has 0 spiro atoms. The zero-order chi connectivity index (χ0) is 9.14. The first kappa shape index (κ1) is 8.66. The van der Waals surface area contributed by atoms with Crippen molar-refractivity contribution in [3.63, 3.8) is 0 Å². The molecule has 0 atom stereocenters. The molecule has 1 aromatic carbocycles. The minimum absolute atomic E-state index is 0.230. The number of nitrogens with zero attached hydrogens (tertiary/aromatic N) is 1. The van der Waals surface area contributed by atoms with Gasteiger partial charge in [-0.25, -0.2) is 8.78 Å². The van der Waals surface area contributed by atoms with Gasteiger partial charge in [0.05, 0.1) is 5.56 Å². The molecule has 0 saturated heterocycles. The van der Waals surface area contributed by atoms with Crippen LogP contribution >= 0.6 is 0 Å². The van der Waals surface area contributed by atoms with E-state index in [0.717, 1.165) is 12.1 Å². The number of benzene rings is 1. The molecule has 1 nitrogen and oxygen atoms in total. The van der Waals surface area contributed by atoms with E-state index >= 15 is 0 Å². The highest BCUT2D eigenvalue weighted by atomic mass is 19.1. The Kier molecular flexibility index (Phi) is 2.39. The maximum absolute atomic E-state index is 13.1. The molecule has 0 amide bonds. The highest BCUT2D eigenvalue weighted by Crippen LogP contribution is 2.14. The first-order valence-corrected chi connectivity index (χ1v) is 3.57. The average molecular weight is 167 g/mol. The fraction of sp³-hybridized carbons (Fsp3) is 0.222. The van der Waals surface area contributed by atoms with Crippen molar-refractivity contribution in [3.8, 4) is 6.07 Å². The lowest BCUT2D eigenvalue weighted by atomic mass is 10.1. The second-order valence-corrected chi connectivity index (χ2v) is 2.39. The molecule has 0 aliphatic rings. The van der Waals surface area contributed by atoms with Crippen LogP contribution in [0.4, 0.5) is 8.78 Å². The van der Waals surface area contributed by atoms with Crippen molar-refractivity contribution in [2.24, 2.45) is 0 Å². The average Bonchev–Trinajstić information content (AvgIpc) is 2.08. The van der Waals surface area contributed by atoms with Gasteiger partial charge in [0.25, 0.3) is 0 Å². The summed E-state index contributed by atoms with van der Waals surface area (Å²) in [6, 6.07) is 3.60. The molecular formula is C9H7F2N. The first-order chi connectivity index (χ1) is 5.69. The molecule has 0 fully saturated rings. The predicted molar refractivity (Wildman–Crippen MR) is 40.5 cm³/mol. The van der Waals surface area contributed by atoms with Gasteiger partial charge in [0.2, 0.25) is 0 Å². The number of rotatable bonds is 1. The molecule has 3 heteroatoms. The second kappa shape index (κ2) is 3.31. The molecule has 0 saturated carbocycles. The van der Waals surface area contributed by atoms with E-state index < -0.39 is 11.6 Å². The highest BCUT2D eigenvalue weighted by molar-refractivity contribution is 5.35. The molecule has 0 aliphatic carbocycles. The lowest BCUT2D eigenvalue weighted by molar-refractivity contribution is 0.583. The maximum Gasteiger partial charge on any atom is 0.144 e. The van der Waals surface area contributed by atoms with Crippen LogP contribution in [0.15, 0.2) is 12.1 Å². The summed E-state index contributed by atoms with van der Waals surface area (Å²) < 4.78 is 25.7. The van der Waals surface area contributed by atoms with Crippen LogP contribution in [0.1, 0.15) is 18.1 Å². The third-order valence-corrected chi connectivity index (χ3v) is 1.61. The Bertz CT molecular complexity index is 339. The molecule has 0 bridgehead atoms. The van der Waals surface area contributed by atoms with E-state index in [2.05, 4.69) is 0 Å². The van der Waals surface area contributed by atoms with Gasteiger partial charge in [-0.05, 0) is 24.1 Å². The van der Waals surface area contributed by atoms with Crippen LogP contribution in [0.5, 0.6) is 0 Å². The van der Waals surface area contributed by atoms with Crippen molar-refractivity contribution >= 4 is 0 Å². The Morgan fingerprint density at radius 3 is 2.58 bits per heavy atom. The fourth-order valence-corrected chi connectivity index (χ4v) is 0.984. The summed E-state index contributed by atoms with van der Waals surface area (Å²) in [6.45, 7) is 1.71. The Labute approximate surface area is 69.2 Å². The number of halogens is 2. The van der Waals surface area contributed by atoms with Crippen molar-refractivity contribution in [2.45, 2.75) is 13.3 Å². The number of hydrogen-bond donors (Lipinski definition) is 0. The highest BCUT2D eigenvalue weighted by Gasteiger charge is 2.08. The molecule has 62 valence electrons. The van der Waals surface area contributed by atoms with Crippen molar-refractivity contribution in [3.05, 3.63) is 34.9 Å². The van der Waals surface area contributed by atoms with E-state index in [0.29, 0.717) is 6.42 Å². The van der Waals surface area contributed by atoms with Crippen LogP contribution in [0, 0.1) is 23.0 Å². The van der Waals surface area contributed by atoms with E-state index in [9.17, 15) is 8.78 Å². The van der Waals surface area contributed by atoms with Gasteiger partial charge < -0.3 is 0 Å². The second-order valence-electron chi connectivity index (χ2n) is 2.39. The van der Waals surface area contributed by atoms with Gasteiger partial charge in [0.1, 0.15) is 17.7 Å². The number of hydrogen-bond acceptors (Lipinski definition) is 1. The van der Waals surface area contributed by atoms with E-state index in [1.54, 1.807) is 13.0 Å². The molecular weight excluding hydrogens is 160 g/mol. The van der Waals surface area contributed by atoms with Gasteiger partial charge >= 0.3 is 0 Å². The van der Waals surface area contributed by atoms with E-state index in [4.69, 9.17) is 5.26 Å². The monoisotopic (exact) mass is 167 g/mol. The molecule has 12 heavy (non-hydrogen) atoms. The normalized spacial score (nSPS) is 9.50. The number of aryl methyl sites for hydroxylation is 1. The largest absolute Gasteiger partial charge is 0.207 e. The van der Waals surface area contributed by atoms with Crippen LogP contribution in [0.2, 0.25) is 0 Å². The van der Waals surface area contributed by atoms with E-state index in [-0.39, 0.29) is 11.1 Å².